The standard InChI is InChI=1S/C7H15NO3.C6H13NO3.C6H14O3.2C5H12O2.C4H10O.3C4H10/c1-6(2)11-7(9)8-4-5-10-3;1-3-10-6(8)7-4-5-9-2;1-3-9-5-6(7)4-8-2;1-3-7-5-4-6-2;1-3-5(6)4-7-2;1-4(2)5-3;3*1-4(2)3/h6H,4-5H2,1-3H3,(H,8,9);3-5H2,1-2H3,(H,7,8);6-7H,3-5H2,1-2H3;3-5H2,1-2H3;5-6H,3-4H2,1-2H3;4H,1-3H3;3*4H,1-3H3. The Labute approximate surface area is 377 Å². The Bertz CT molecular complexity index is 694. The lowest BCUT2D eigenvalue weighted by Crippen LogP contribution is -2.29. The van der Waals surface area contributed by atoms with E-state index >= 15 is 0 Å². The number of methoxy groups -OCH3 is 6. The van der Waals surface area contributed by atoms with Crippen molar-refractivity contribution < 1.29 is 67.2 Å². The Balaban J connectivity index is -0.0000000729. The van der Waals surface area contributed by atoms with E-state index in [9.17, 15) is 9.59 Å². The number of hydrogen-bond donors (Lipinski definition) is 4. The molecule has 0 rings (SSSR count). The van der Waals surface area contributed by atoms with E-state index in [0.29, 0.717) is 78.7 Å². The van der Waals surface area contributed by atoms with E-state index in [4.69, 9.17) is 43.4 Å². The Hall–Kier alpha value is -1.86. The number of alkyl carbamates (subject to hydrolysis) is 2. The highest BCUT2D eigenvalue weighted by Crippen LogP contribution is 1.88. The predicted molar refractivity (Wildman–Crippen MR) is 253 cm³/mol. The molecular formula is C45H106N2O14. The number of aliphatic hydroxyl groups excluding tert-OH is 2. The molecule has 0 aromatic heterocycles. The molecule has 2 amide bonds. The van der Waals surface area contributed by atoms with Gasteiger partial charge in [-0.15, -0.1) is 0 Å². The van der Waals surface area contributed by atoms with Gasteiger partial charge in [0.25, 0.3) is 0 Å². The zero-order valence-electron chi connectivity index (χ0n) is 44.0. The van der Waals surface area contributed by atoms with Gasteiger partial charge >= 0.3 is 12.2 Å². The lowest BCUT2D eigenvalue weighted by Gasteiger charge is -2.08. The molecule has 61 heavy (non-hydrogen) atoms. The molecule has 16 nitrogen and oxygen atoms in total. The number of carbonyl (C=O) groups excluding carboxylic acids is 2. The van der Waals surface area contributed by atoms with E-state index in [0.717, 1.165) is 30.8 Å². The summed E-state index contributed by atoms with van der Waals surface area (Å²) >= 11 is 0. The van der Waals surface area contributed by atoms with Gasteiger partial charge in [0.1, 0.15) is 6.10 Å². The summed E-state index contributed by atoms with van der Waals surface area (Å²) in [6, 6.07) is 0. The van der Waals surface area contributed by atoms with Crippen molar-refractivity contribution >= 4 is 12.2 Å². The molecule has 0 aromatic carbocycles. The number of carbonyl (C=O) groups is 2. The molecule has 0 aromatic rings. The van der Waals surface area contributed by atoms with Gasteiger partial charge in [0.05, 0.1) is 71.2 Å². The van der Waals surface area contributed by atoms with E-state index in [-0.39, 0.29) is 18.3 Å². The molecule has 2 unspecified atom stereocenters. The summed E-state index contributed by atoms with van der Waals surface area (Å²) in [6.45, 7) is 41.1. The van der Waals surface area contributed by atoms with Crippen LogP contribution in [0.1, 0.15) is 124 Å². The van der Waals surface area contributed by atoms with Crippen LogP contribution in [0.25, 0.3) is 0 Å². The highest BCUT2D eigenvalue weighted by Gasteiger charge is 2.02. The molecule has 2 atom stereocenters. The average Bonchev–Trinajstić information content (AvgIpc) is 3.15. The lowest BCUT2D eigenvalue weighted by molar-refractivity contribution is -0.00263. The van der Waals surface area contributed by atoms with Crippen molar-refractivity contribution in [2.75, 3.05) is 122 Å². The second kappa shape index (κ2) is 75.5. The van der Waals surface area contributed by atoms with Gasteiger partial charge in [0.15, 0.2) is 0 Å². The first-order valence-electron chi connectivity index (χ1n) is 21.8. The van der Waals surface area contributed by atoms with Crippen LogP contribution in [0.2, 0.25) is 0 Å². The Morgan fingerprint density at radius 3 is 1.08 bits per heavy atom. The fourth-order valence-corrected chi connectivity index (χ4v) is 2.04. The molecular weight excluding hydrogens is 792 g/mol. The van der Waals surface area contributed by atoms with Crippen LogP contribution in [0.15, 0.2) is 0 Å². The van der Waals surface area contributed by atoms with Gasteiger partial charge in [0, 0.05) is 69.0 Å². The first-order chi connectivity index (χ1) is 28.5. The van der Waals surface area contributed by atoms with Gasteiger partial charge in [-0.05, 0) is 72.6 Å². The molecule has 0 heterocycles. The maximum Gasteiger partial charge on any atom is 0.407 e. The number of aliphatic hydroxyl groups is 2. The summed E-state index contributed by atoms with van der Waals surface area (Å²) in [4.78, 5) is 21.3. The quantitative estimate of drug-likeness (QED) is 0.0805. The summed E-state index contributed by atoms with van der Waals surface area (Å²) in [5, 5.41) is 22.7. The van der Waals surface area contributed by atoms with Crippen molar-refractivity contribution in [1.29, 1.82) is 0 Å². The SMILES string of the molecule is CC(C)C.CC(C)C.CC(C)C.CCC(O)COC.CCOC(=O)NCCOC.CCOCC(O)COC.CCOCCOC.COC(C)C.COCCNC(=O)OC(C)C. The molecule has 0 radical (unpaired) electrons. The molecule has 0 saturated carbocycles. The van der Waals surface area contributed by atoms with Crippen LogP contribution in [0.4, 0.5) is 9.59 Å². The van der Waals surface area contributed by atoms with Gasteiger partial charge in [-0.1, -0.05) is 69.2 Å². The second-order valence-electron chi connectivity index (χ2n) is 15.0. The summed E-state index contributed by atoms with van der Waals surface area (Å²) in [7, 11) is 9.65. The third kappa shape index (κ3) is 167. The summed E-state index contributed by atoms with van der Waals surface area (Å²) in [5.74, 6) is 2.50. The summed E-state index contributed by atoms with van der Waals surface area (Å²) < 4.78 is 47.5. The zero-order chi connectivity index (χ0) is 49.9. The van der Waals surface area contributed by atoms with E-state index in [1.165, 1.54) is 0 Å². The Morgan fingerprint density at radius 2 is 0.820 bits per heavy atom. The van der Waals surface area contributed by atoms with Crippen LogP contribution in [-0.2, 0) is 47.4 Å². The summed E-state index contributed by atoms with van der Waals surface area (Å²) in [5.41, 5.74) is 0. The average molecular weight is 899 g/mol. The molecule has 0 aliphatic rings. The zero-order valence-corrected chi connectivity index (χ0v) is 44.0. The van der Waals surface area contributed by atoms with Crippen molar-refractivity contribution in [3.63, 3.8) is 0 Å². The van der Waals surface area contributed by atoms with Crippen molar-refractivity contribution in [2.45, 2.75) is 149 Å². The maximum atomic E-state index is 10.7. The number of nitrogens with one attached hydrogen (secondary N) is 2. The fraction of sp³-hybridized carbons (Fsp3) is 0.956. The van der Waals surface area contributed by atoms with Crippen LogP contribution in [0.3, 0.4) is 0 Å². The second-order valence-corrected chi connectivity index (χ2v) is 15.0. The van der Waals surface area contributed by atoms with Crippen LogP contribution in [-0.4, -0.2) is 169 Å². The van der Waals surface area contributed by atoms with Gasteiger partial charge in [0.2, 0.25) is 0 Å². The molecule has 0 fully saturated rings. The number of hydrogen-bond acceptors (Lipinski definition) is 14. The fourth-order valence-electron chi connectivity index (χ4n) is 2.04. The molecule has 0 bridgehead atoms. The van der Waals surface area contributed by atoms with Crippen molar-refractivity contribution in [3.05, 3.63) is 0 Å². The third-order valence-corrected chi connectivity index (χ3v) is 4.58. The van der Waals surface area contributed by atoms with E-state index in [1.54, 1.807) is 63.4 Å². The largest absolute Gasteiger partial charge is 0.450 e. The summed E-state index contributed by atoms with van der Waals surface area (Å²) in [6.07, 6.45) is -0.447. The van der Waals surface area contributed by atoms with Crippen LogP contribution >= 0.6 is 0 Å². The molecule has 0 aliphatic carbocycles. The Kier molecular flexibility index (Phi) is 98.4. The number of amides is 2. The van der Waals surface area contributed by atoms with Crippen molar-refractivity contribution in [3.8, 4) is 0 Å². The molecule has 0 spiro atoms. The minimum Gasteiger partial charge on any atom is -0.450 e. The van der Waals surface area contributed by atoms with Crippen molar-refractivity contribution in [2.24, 2.45) is 17.8 Å². The van der Waals surface area contributed by atoms with Crippen LogP contribution < -0.4 is 10.6 Å². The molecule has 380 valence electrons. The molecule has 4 N–H and O–H groups in total. The number of rotatable bonds is 21. The maximum absolute atomic E-state index is 10.7. The van der Waals surface area contributed by atoms with Gasteiger partial charge in [-0.3, -0.25) is 0 Å². The molecule has 0 aliphatic heterocycles. The van der Waals surface area contributed by atoms with Crippen molar-refractivity contribution in [1.82, 2.24) is 10.6 Å². The highest BCUT2D eigenvalue weighted by atomic mass is 16.6. The monoisotopic (exact) mass is 899 g/mol. The third-order valence-electron chi connectivity index (χ3n) is 4.58. The lowest BCUT2D eigenvalue weighted by atomic mass is 10.3. The van der Waals surface area contributed by atoms with E-state index in [1.807, 2.05) is 34.6 Å². The van der Waals surface area contributed by atoms with Gasteiger partial charge in [-0.2, -0.15) is 0 Å². The van der Waals surface area contributed by atoms with E-state index < -0.39 is 12.2 Å². The van der Waals surface area contributed by atoms with E-state index in [2.05, 4.69) is 87.2 Å². The van der Waals surface area contributed by atoms with Crippen LogP contribution in [0, 0.1) is 17.8 Å². The predicted octanol–water partition coefficient (Wildman–Crippen LogP) is 8.28. The van der Waals surface area contributed by atoms with Gasteiger partial charge < -0.3 is 68.2 Å². The minimum absolute atomic E-state index is 0.0717. The molecule has 0 saturated heterocycles. The molecule has 16 heteroatoms. The first kappa shape index (κ1) is 79.5. The highest BCUT2D eigenvalue weighted by molar-refractivity contribution is 5.67. The smallest absolute Gasteiger partial charge is 0.407 e. The van der Waals surface area contributed by atoms with Gasteiger partial charge in [-0.25, -0.2) is 9.59 Å². The Morgan fingerprint density at radius 1 is 0.459 bits per heavy atom. The topological polar surface area (TPSA) is 191 Å². The number of ether oxygens (including phenoxy) is 10. The minimum atomic E-state index is -0.477. The first-order valence-corrected chi connectivity index (χ1v) is 21.8. The van der Waals surface area contributed by atoms with Crippen LogP contribution in [0.5, 0.6) is 0 Å². The normalized spacial score (nSPS) is 10.5.